The van der Waals surface area contributed by atoms with Crippen molar-refractivity contribution in [2.45, 2.75) is 25.3 Å². The number of amides is 1. The molecule has 0 saturated carbocycles. The molecule has 0 radical (unpaired) electrons. The number of hydrogen-bond donors (Lipinski definition) is 1. The van der Waals surface area contributed by atoms with Gasteiger partial charge in [-0.3, -0.25) is 9.69 Å². The Bertz CT molecular complexity index is 759. The second-order valence-electron chi connectivity index (χ2n) is 6.67. The quantitative estimate of drug-likeness (QED) is 0.885. The molecule has 25 heavy (non-hydrogen) atoms. The molecule has 1 fully saturated rings. The number of carbonyl (C=O) groups excluding carboxylic acids is 1. The Morgan fingerprint density at radius 2 is 2.24 bits per heavy atom. The summed E-state index contributed by atoms with van der Waals surface area (Å²) < 4.78 is 5.25. The highest BCUT2D eigenvalue weighted by Crippen LogP contribution is 2.36. The SMILES string of the molecule is COCCN1CCCCC1c1ccc2c(N)c(C(=O)N(C)C)sc2n1. The minimum absolute atomic E-state index is 0.0681. The molecule has 136 valence electrons. The van der Waals surface area contributed by atoms with E-state index in [1.165, 1.54) is 24.2 Å². The normalized spacial score (nSPS) is 18.6. The van der Waals surface area contributed by atoms with Gasteiger partial charge >= 0.3 is 0 Å². The summed E-state index contributed by atoms with van der Waals surface area (Å²) in [4.78, 5) is 22.6. The van der Waals surface area contributed by atoms with Crippen molar-refractivity contribution in [2.24, 2.45) is 0 Å². The number of anilines is 1. The number of nitrogen functional groups attached to an aromatic ring is 1. The Morgan fingerprint density at radius 3 is 2.96 bits per heavy atom. The van der Waals surface area contributed by atoms with E-state index >= 15 is 0 Å². The van der Waals surface area contributed by atoms with Crippen LogP contribution < -0.4 is 5.73 Å². The van der Waals surface area contributed by atoms with Gasteiger partial charge in [-0.1, -0.05) is 6.42 Å². The van der Waals surface area contributed by atoms with E-state index in [-0.39, 0.29) is 5.91 Å². The minimum atomic E-state index is -0.0681. The Hall–Kier alpha value is -1.70. The lowest BCUT2D eigenvalue weighted by atomic mass is 9.98. The van der Waals surface area contributed by atoms with Crippen molar-refractivity contribution in [3.63, 3.8) is 0 Å². The highest BCUT2D eigenvalue weighted by Gasteiger charge is 2.26. The summed E-state index contributed by atoms with van der Waals surface area (Å²) in [5.74, 6) is -0.0681. The van der Waals surface area contributed by atoms with Gasteiger partial charge in [0.15, 0.2) is 0 Å². The van der Waals surface area contributed by atoms with Crippen molar-refractivity contribution in [1.29, 1.82) is 0 Å². The van der Waals surface area contributed by atoms with E-state index in [2.05, 4.69) is 11.0 Å². The third-order valence-corrected chi connectivity index (χ3v) is 5.86. The van der Waals surface area contributed by atoms with Crippen molar-refractivity contribution in [3.8, 4) is 0 Å². The van der Waals surface area contributed by atoms with Gasteiger partial charge in [-0.05, 0) is 31.5 Å². The van der Waals surface area contributed by atoms with Crippen LogP contribution in [0.2, 0.25) is 0 Å². The fraction of sp³-hybridized carbons (Fsp3) is 0.556. The van der Waals surface area contributed by atoms with Gasteiger partial charge in [-0.2, -0.15) is 0 Å². The standard InChI is InChI=1S/C18H26N4O2S/c1-21(2)18(23)16-15(19)12-7-8-13(20-17(12)25-16)14-6-4-5-9-22(14)10-11-24-3/h7-8,14H,4-6,9-11,19H2,1-3H3. The Balaban J connectivity index is 1.93. The number of likely N-dealkylation sites (tertiary alicyclic amines) is 1. The van der Waals surface area contributed by atoms with Crippen LogP contribution in [0.5, 0.6) is 0 Å². The first-order valence-electron chi connectivity index (χ1n) is 8.66. The lowest BCUT2D eigenvalue weighted by molar-refractivity contribution is 0.0833. The number of ether oxygens (including phenoxy) is 1. The molecule has 0 aliphatic carbocycles. The van der Waals surface area contributed by atoms with Gasteiger partial charge < -0.3 is 15.4 Å². The second-order valence-corrected chi connectivity index (χ2v) is 7.67. The lowest BCUT2D eigenvalue weighted by Gasteiger charge is -2.35. The average Bonchev–Trinajstić information content (AvgIpc) is 2.95. The maximum atomic E-state index is 12.3. The van der Waals surface area contributed by atoms with E-state index in [1.54, 1.807) is 26.1 Å². The molecule has 2 aromatic heterocycles. The Kier molecular flexibility index (Phi) is 5.56. The van der Waals surface area contributed by atoms with Gasteiger partial charge in [-0.25, -0.2) is 4.98 Å². The largest absolute Gasteiger partial charge is 0.397 e. The van der Waals surface area contributed by atoms with Gasteiger partial charge in [0, 0.05) is 33.1 Å². The van der Waals surface area contributed by atoms with E-state index in [0.29, 0.717) is 16.6 Å². The maximum Gasteiger partial charge on any atom is 0.265 e. The molecule has 0 aromatic carbocycles. The number of methoxy groups -OCH3 is 1. The fourth-order valence-corrected chi connectivity index (χ4v) is 4.48. The van der Waals surface area contributed by atoms with Crippen LogP contribution in [0.4, 0.5) is 5.69 Å². The van der Waals surface area contributed by atoms with Crippen molar-refractivity contribution in [1.82, 2.24) is 14.8 Å². The molecule has 3 heterocycles. The number of rotatable bonds is 5. The molecule has 2 aromatic rings. The van der Waals surface area contributed by atoms with E-state index in [1.807, 2.05) is 6.07 Å². The maximum absolute atomic E-state index is 12.3. The van der Waals surface area contributed by atoms with E-state index in [0.717, 1.165) is 42.0 Å². The van der Waals surface area contributed by atoms with E-state index in [9.17, 15) is 4.79 Å². The van der Waals surface area contributed by atoms with Crippen LogP contribution in [0.15, 0.2) is 12.1 Å². The zero-order valence-electron chi connectivity index (χ0n) is 15.1. The summed E-state index contributed by atoms with van der Waals surface area (Å²) in [5, 5.41) is 0.873. The highest BCUT2D eigenvalue weighted by atomic mass is 32.1. The van der Waals surface area contributed by atoms with Crippen LogP contribution in [0.3, 0.4) is 0 Å². The van der Waals surface area contributed by atoms with Crippen molar-refractivity contribution < 1.29 is 9.53 Å². The molecule has 1 aliphatic rings. The topological polar surface area (TPSA) is 71.7 Å². The van der Waals surface area contributed by atoms with Crippen LogP contribution in [0, 0.1) is 0 Å². The van der Waals surface area contributed by atoms with Gasteiger partial charge in [0.1, 0.15) is 9.71 Å². The molecule has 1 atom stereocenters. The lowest BCUT2D eigenvalue weighted by Crippen LogP contribution is -2.36. The van der Waals surface area contributed by atoms with Crippen LogP contribution in [-0.2, 0) is 4.74 Å². The third-order valence-electron chi connectivity index (χ3n) is 4.75. The molecule has 2 N–H and O–H groups in total. The van der Waals surface area contributed by atoms with Gasteiger partial charge in [-0.15, -0.1) is 11.3 Å². The average molecular weight is 362 g/mol. The minimum Gasteiger partial charge on any atom is -0.397 e. The number of pyridine rings is 1. The number of nitrogens with two attached hydrogens (primary N) is 1. The molecule has 6 nitrogen and oxygen atoms in total. The first-order chi connectivity index (χ1) is 12.0. The first kappa shape index (κ1) is 18.1. The van der Waals surface area contributed by atoms with Crippen molar-refractivity contribution >= 4 is 33.1 Å². The summed E-state index contributed by atoms with van der Waals surface area (Å²) in [6.07, 6.45) is 3.53. The third kappa shape index (κ3) is 3.63. The van der Waals surface area contributed by atoms with Crippen molar-refractivity contribution in [2.75, 3.05) is 46.6 Å². The molecule has 1 amide bonds. The van der Waals surface area contributed by atoms with E-state index in [4.69, 9.17) is 15.5 Å². The monoisotopic (exact) mass is 362 g/mol. The number of piperidine rings is 1. The first-order valence-corrected chi connectivity index (χ1v) is 9.48. The highest BCUT2D eigenvalue weighted by molar-refractivity contribution is 7.21. The Labute approximate surface area is 152 Å². The van der Waals surface area contributed by atoms with Crippen LogP contribution in [-0.4, -0.2) is 61.6 Å². The number of fused-ring (bicyclic) bond motifs is 1. The fourth-order valence-electron chi connectivity index (χ4n) is 3.36. The van der Waals surface area contributed by atoms with Crippen LogP contribution in [0.1, 0.15) is 40.7 Å². The molecule has 0 spiro atoms. The number of carbonyl (C=O) groups is 1. The second kappa shape index (κ2) is 7.68. The molecular formula is C18H26N4O2S. The summed E-state index contributed by atoms with van der Waals surface area (Å²) in [6, 6.07) is 4.38. The summed E-state index contributed by atoms with van der Waals surface area (Å²) in [6.45, 7) is 2.72. The smallest absolute Gasteiger partial charge is 0.265 e. The molecule has 1 unspecified atom stereocenters. The van der Waals surface area contributed by atoms with Crippen molar-refractivity contribution in [3.05, 3.63) is 22.7 Å². The summed E-state index contributed by atoms with van der Waals surface area (Å²) in [7, 11) is 5.21. The van der Waals surface area contributed by atoms with Gasteiger partial charge in [0.05, 0.1) is 24.0 Å². The number of nitrogens with zero attached hydrogens (tertiary/aromatic N) is 3. The molecule has 7 heteroatoms. The van der Waals surface area contributed by atoms with Gasteiger partial charge in [0.25, 0.3) is 5.91 Å². The zero-order valence-corrected chi connectivity index (χ0v) is 15.9. The van der Waals surface area contributed by atoms with Gasteiger partial charge in [0.2, 0.25) is 0 Å². The molecular weight excluding hydrogens is 336 g/mol. The summed E-state index contributed by atoms with van der Waals surface area (Å²) in [5.41, 5.74) is 7.80. The predicted octanol–water partition coefficient (Wildman–Crippen LogP) is 2.75. The van der Waals surface area contributed by atoms with E-state index < -0.39 is 0 Å². The van der Waals surface area contributed by atoms with Crippen LogP contribution >= 0.6 is 11.3 Å². The number of aromatic nitrogens is 1. The predicted molar refractivity (Wildman–Crippen MR) is 102 cm³/mol. The zero-order chi connectivity index (χ0) is 18.0. The molecule has 1 aliphatic heterocycles. The molecule has 0 bridgehead atoms. The Morgan fingerprint density at radius 1 is 1.44 bits per heavy atom. The molecule has 1 saturated heterocycles. The summed E-state index contributed by atoms with van der Waals surface area (Å²) >= 11 is 1.39. The van der Waals surface area contributed by atoms with Crippen LogP contribution in [0.25, 0.3) is 10.2 Å². The number of hydrogen-bond acceptors (Lipinski definition) is 6. The number of thiophene rings is 1. The molecule has 3 rings (SSSR count).